The first-order chi connectivity index (χ1) is 13.3. The van der Waals surface area contributed by atoms with Gasteiger partial charge in [-0.3, -0.25) is 10.1 Å². The van der Waals surface area contributed by atoms with Crippen LogP contribution in [0.25, 0.3) is 0 Å². The first kappa shape index (κ1) is 20.5. The molecule has 0 aliphatic rings. The number of benzene rings is 1. The van der Waals surface area contributed by atoms with E-state index in [0.29, 0.717) is 21.9 Å². The number of halogens is 2. The maximum Gasteiger partial charge on any atom is 0.236 e. The van der Waals surface area contributed by atoms with Crippen molar-refractivity contribution < 1.29 is 13.9 Å². The monoisotopic (exact) mass is 442 g/mol. The van der Waals surface area contributed by atoms with Crippen molar-refractivity contribution in [3.8, 4) is 5.75 Å². The van der Waals surface area contributed by atoms with Gasteiger partial charge in [0.1, 0.15) is 16.6 Å². The van der Waals surface area contributed by atoms with Gasteiger partial charge in [-0.2, -0.15) is 0 Å². The van der Waals surface area contributed by atoms with Crippen LogP contribution in [0.3, 0.4) is 0 Å². The molecule has 0 saturated heterocycles. The average Bonchev–Trinajstić information content (AvgIpc) is 3.21. The van der Waals surface area contributed by atoms with Gasteiger partial charge in [0.25, 0.3) is 0 Å². The second-order valence-corrected chi connectivity index (χ2v) is 8.23. The molecule has 1 unspecified atom stereocenters. The maximum absolute atomic E-state index is 13.2. The first-order valence-corrected chi connectivity index (χ1v) is 10.2. The summed E-state index contributed by atoms with van der Waals surface area (Å²) in [5.74, 6) is 0.379. The van der Waals surface area contributed by atoms with Gasteiger partial charge in [-0.05, 0) is 32.0 Å². The number of amides is 1. The van der Waals surface area contributed by atoms with E-state index in [1.807, 2.05) is 6.92 Å². The Bertz CT molecular complexity index is 995. The summed E-state index contributed by atoms with van der Waals surface area (Å²) in [4.78, 5) is 12.0. The summed E-state index contributed by atoms with van der Waals surface area (Å²) in [7, 11) is 1.77. The molecular formula is C16H16ClFN6O2S2. The third-order valence-electron chi connectivity index (χ3n) is 3.53. The van der Waals surface area contributed by atoms with Crippen molar-refractivity contribution in [1.82, 2.24) is 25.0 Å². The standard InChI is InChI=1S/C16H16ClFN6O2S2/c1-8(26-12-5-4-10(18)6-11(12)17)14-21-23-16(24(14)3)27-7-13(25)19-15-22-20-9(2)28-15/h4-6,8H,7H2,1-3H3,(H,19,22,25). The number of ether oxygens (including phenoxy) is 1. The summed E-state index contributed by atoms with van der Waals surface area (Å²) in [6.07, 6.45) is -0.479. The fraction of sp³-hybridized carbons (Fsp3) is 0.312. The molecule has 1 aromatic carbocycles. The maximum atomic E-state index is 13.2. The van der Waals surface area contributed by atoms with Crippen LogP contribution < -0.4 is 10.1 Å². The van der Waals surface area contributed by atoms with Crippen LogP contribution in [-0.4, -0.2) is 36.6 Å². The van der Waals surface area contributed by atoms with Crippen molar-refractivity contribution in [3.05, 3.63) is 39.9 Å². The SMILES string of the molecule is Cc1nnc(NC(=O)CSc2nnc(C(C)Oc3ccc(F)cc3Cl)n2C)s1. The molecule has 2 heterocycles. The van der Waals surface area contributed by atoms with Gasteiger partial charge in [-0.25, -0.2) is 4.39 Å². The molecule has 3 rings (SSSR count). The zero-order valence-corrected chi connectivity index (χ0v) is 17.5. The third-order valence-corrected chi connectivity index (χ3v) is 5.60. The number of aryl methyl sites for hydroxylation is 1. The molecule has 1 amide bonds. The second-order valence-electron chi connectivity index (χ2n) is 5.70. The number of thioether (sulfide) groups is 1. The largest absolute Gasteiger partial charge is 0.481 e. The van der Waals surface area contributed by atoms with Crippen molar-refractivity contribution in [2.75, 3.05) is 11.1 Å². The predicted octanol–water partition coefficient (Wildman–Crippen LogP) is 3.64. The van der Waals surface area contributed by atoms with E-state index in [0.717, 1.165) is 5.01 Å². The van der Waals surface area contributed by atoms with Gasteiger partial charge in [0, 0.05) is 7.05 Å². The Balaban J connectivity index is 1.60. The van der Waals surface area contributed by atoms with Crippen LogP contribution in [0.5, 0.6) is 5.75 Å². The van der Waals surface area contributed by atoms with E-state index in [2.05, 4.69) is 25.7 Å². The Morgan fingerprint density at radius 3 is 2.86 bits per heavy atom. The minimum absolute atomic E-state index is 0.142. The number of nitrogens with zero attached hydrogens (tertiary/aromatic N) is 5. The van der Waals surface area contributed by atoms with Crippen molar-refractivity contribution >= 4 is 45.7 Å². The van der Waals surface area contributed by atoms with Gasteiger partial charge >= 0.3 is 0 Å². The van der Waals surface area contributed by atoms with Crippen LogP contribution in [0.15, 0.2) is 23.4 Å². The van der Waals surface area contributed by atoms with E-state index in [1.54, 1.807) is 18.5 Å². The van der Waals surface area contributed by atoms with Crippen LogP contribution in [0.4, 0.5) is 9.52 Å². The minimum Gasteiger partial charge on any atom is -0.481 e. The Morgan fingerprint density at radius 2 is 2.18 bits per heavy atom. The molecule has 1 atom stereocenters. The molecule has 0 aliphatic carbocycles. The van der Waals surface area contributed by atoms with E-state index >= 15 is 0 Å². The van der Waals surface area contributed by atoms with Gasteiger partial charge < -0.3 is 9.30 Å². The number of nitrogens with one attached hydrogen (secondary N) is 1. The van der Waals surface area contributed by atoms with E-state index in [4.69, 9.17) is 16.3 Å². The molecule has 0 fully saturated rings. The Morgan fingerprint density at radius 1 is 1.39 bits per heavy atom. The number of rotatable bonds is 7. The Labute approximate surface area is 173 Å². The van der Waals surface area contributed by atoms with Gasteiger partial charge in [0.15, 0.2) is 17.1 Å². The number of carbonyl (C=O) groups excluding carboxylic acids is 1. The van der Waals surface area contributed by atoms with E-state index < -0.39 is 11.9 Å². The molecule has 3 aromatic rings. The van der Waals surface area contributed by atoms with Crippen molar-refractivity contribution in [2.45, 2.75) is 25.1 Å². The second kappa shape index (κ2) is 8.84. The summed E-state index contributed by atoms with van der Waals surface area (Å²) in [6, 6.07) is 3.91. The Hall–Kier alpha value is -2.24. The molecule has 28 heavy (non-hydrogen) atoms. The summed E-state index contributed by atoms with van der Waals surface area (Å²) in [5.41, 5.74) is 0. The molecule has 148 valence electrons. The van der Waals surface area contributed by atoms with E-state index in [9.17, 15) is 9.18 Å². The number of anilines is 1. The summed E-state index contributed by atoms with van der Waals surface area (Å²) in [6.45, 7) is 3.59. The fourth-order valence-corrected chi connectivity index (χ4v) is 3.79. The van der Waals surface area contributed by atoms with Gasteiger partial charge in [0.05, 0.1) is 10.8 Å². The highest BCUT2D eigenvalue weighted by atomic mass is 35.5. The normalized spacial score (nSPS) is 12.0. The van der Waals surface area contributed by atoms with Crippen LogP contribution in [-0.2, 0) is 11.8 Å². The van der Waals surface area contributed by atoms with Gasteiger partial charge in [0.2, 0.25) is 11.0 Å². The van der Waals surface area contributed by atoms with Crippen LogP contribution >= 0.6 is 34.7 Å². The number of hydrogen-bond acceptors (Lipinski definition) is 8. The number of carbonyl (C=O) groups is 1. The zero-order valence-electron chi connectivity index (χ0n) is 15.1. The zero-order chi connectivity index (χ0) is 20.3. The van der Waals surface area contributed by atoms with E-state index in [1.165, 1.54) is 41.3 Å². The molecule has 0 saturated carbocycles. The lowest BCUT2D eigenvalue weighted by atomic mass is 10.3. The molecule has 2 aromatic heterocycles. The quantitative estimate of drug-likeness (QED) is 0.558. The van der Waals surface area contributed by atoms with Crippen molar-refractivity contribution in [3.63, 3.8) is 0 Å². The minimum atomic E-state index is -0.479. The van der Waals surface area contributed by atoms with Gasteiger partial charge in [-0.1, -0.05) is 34.7 Å². The average molecular weight is 443 g/mol. The smallest absolute Gasteiger partial charge is 0.236 e. The predicted molar refractivity (Wildman–Crippen MR) is 105 cm³/mol. The topological polar surface area (TPSA) is 94.8 Å². The molecule has 0 radical (unpaired) electrons. The van der Waals surface area contributed by atoms with Crippen LogP contribution in [0.1, 0.15) is 23.9 Å². The highest BCUT2D eigenvalue weighted by Crippen LogP contribution is 2.30. The molecule has 0 bridgehead atoms. The lowest BCUT2D eigenvalue weighted by Crippen LogP contribution is -2.14. The summed E-state index contributed by atoms with van der Waals surface area (Å²) in [5, 5.41) is 20.6. The van der Waals surface area contributed by atoms with Crippen molar-refractivity contribution in [2.24, 2.45) is 7.05 Å². The third kappa shape index (κ3) is 4.97. The molecular weight excluding hydrogens is 427 g/mol. The highest BCUT2D eigenvalue weighted by molar-refractivity contribution is 7.99. The molecule has 8 nitrogen and oxygen atoms in total. The van der Waals surface area contributed by atoms with E-state index in [-0.39, 0.29) is 16.7 Å². The lowest BCUT2D eigenvalue weighted by molar-refractivity contribution is -0.113. The lowest BCUT2D eigenvalue weighted by Gasteiger charge is -2.15. The molecule has 0 aliphatic heterocycles. The molecule has 0 spiro atoms. The number of aromatic nitrogens is 5. The fourth-order valence-electron chi connectivity index (χ4n) is 2.25. The van der Waals surface area contributed by atoms with Gasteiger partial charge in [-0.15, -0.1) is 20.4 Å². The van der Waals surface area contributed by atoms with Crippen LogP contribution in [0, 0.1) is 12.7 Å². The first-order valence-electron chi connectivity index (χ1n) is 8.07. The number of hydrogen-bond donors (Lipinski definition) is 1. The van der Waals surface area contributed by atoms with Crippen molar-refractivity contribution in [1.29, 1.82) is 0 Å². The summed E-state index contributed by atoms with van der Waals surface area (Å²) < 4.78 is 20.6. The molecule has 12 heteroatoms. The molecule has 1 N–H and O–H groups in total. The Kier molecular flexibility index (Phi) is 6.47. The highest BCUT2D eigenvalue weighted by Gasteiger charge is 2.19. The summed E-state index contributed by atoms with van der Waals surface area (Å²) >= 11 is 8.53. The van der Waals surface area contributed by atoms with Crippen LogP contribution in [0.2, 0.25) is 5.02 Å².